The van der Waals surface area contributed by atoms with E-state index in [0.29, 0.717) is 24.9 Å². The quantitative estimate of drug-likeness (QED) is 0.435. The molecule has 1 saturated carbocycles. The first-order valence-corrected chi connectivity index (χ1v) is 8.01. The maximum atomic E-state index is 11.1. The van der Waals surface area contributed by atoms with Crippen molar-refractivity contribution in [2.45, 2.75) is 44.6 Å². The summed E-state index contributed by atoms with van der Waals surface area (Å²) in [5, 5.41) is 14.1. The molecule has 0 radical (unpaired) electrons. The Kier molecular flexibility index (Phi) is 6.34. The van der Waals surface area contributed by atoms with Gasteiger partial charge >= 0.3 is 0 Å². The van der Waals surface area contributed by atoms with Crippen LogP contribution in [0.1, 0.15) is 48.9 Å². The number of carbonyl (C=O) groups excluding carboxylic acids is 1. The van der Waals surface area contributed by atoms with Gasteiger partial charge in [0.05, 0.1) is 11.0 Å². The van der Waals surface area contributed by atoms with Crippen LogP contribution in [0, 0.1) is 10.1 Å². The molecule has 1 aromatic rings. The third-order valence-corrected chi connectivity index (χ3v) is 4.02. The van der Waals surface area contributed by atoms with Crippen molar-refractivity contribution in [2.24, 2.45) is 5.73 Å². The summed E-state index contributed by atoms with van der Waals surface area (Å²) in [6.45, 7) is 1.22. The fraction of sp³-hybridized carbons (Fsp3) is 0.562. The van der Waals surface area contributed by atoms with E-state index in [2.05, 4.69) is 5.32 Å². The number of ether oxygens (including phenoxy) is 1. The Balaban J connectivity index is 1.80. The third-order valence-electron chi connectivity index (χ3n) is 4.02. The van der Waals surface area contributed by atoms with E-state index in [-0.39, 0.29) is 11.3 Å². The minimum atomic E-state index is -0.680. The molecule has 7 nitrogen and oxygen atoms in total. The molecule has 1 aliphatic rings. The standard InChI is InChI=1S/C16H23N3O4/c17-16(20)12-7-8-14(15(11-12)19(21)22)18-9-4-10-23-13-5-2-1-3-6-13/h7-8,11,13,18H,1-6,9-10H2,(H2,17,20). The fourth-order valence-electron chi connectivity index (χ4n) is 2.76. The van der Waals surface area contributed by atoms with Crippen molar-refractivity contribution in [3.05, 3.63) is 33.9 Å². The lowest BCUT2D eigenvalue weighted by atomic mass is 9.98. The van der Waals surface area contributed by atoms with E-state index in [0.717, 1.165) is 19.3 Å². The highest BCUT2D eigenvalue weighted by molar-refractivity contribution is 5.94. The van der Waals surface area contributed by atoms with Crippen LogP contribution in [0.15, 0.2) is 18.2 Å². The van der Waals surface area contributed by atoms with E-state index in [1.807, 2.05) is 0 Å². The molecule has 0 aliphatic heterocycles. The summed E-state index contributed by atoms with van der Waals surface area (Å²) in [5.41, 5.74) is 5.52. The molecule has 7 heteroatoms. The molecule has 0 unspecified atom stereocenters. The zero-order valence-corrected chi connectivity index (χ0v) is 13.1. The molecule has 0 bridgehead atoms. The van der Waals surface area contributed by atoms with Crippen LogP contribution in [0.25, 0.3) is 0 Å². The number of amides is 1. The van der Waals surface area contributed by atoms with Gasteiger partial charge in [0.25, 0.3) is 5.69 Å². The number of nitrogens with zero attached hydrogens (tertiary/aromatic N) is 1. The molecule has 1 aromatic carbocycles. The Morgan fingerprint density at radius 1 is 1.35 bits per heavy atom. The van der Waals surface area contributed by atoms with E-state index in [1.165, 1.54) is 37.5 Å². The maximum Gasteiger partial charge on any atom is 0.293 e. The van der Waals surface area contributed by atoms with Crippen LogP contribution < -0.4 is 11.1 Å². The van der Waals surface area contributed by atoms with E-state index < -0.39 is 10.8 Å². The average Bonchev–Trinajstić information content (AvgIpc) is 2.55. The predicted molar refractivity (Wildman–Crippen MR) is 87.5 cm³/mol. The number of nitro groups is 1. The molecule has 2 rings (SSSR count). The highest BCUT2D eigenvalue weighted by atomic mass is 16.6. The van der Waals surface area contributed by atoms with Gasteiger partial charge in [0, 0.05) is 24.8 Å². The van der Waals surface area contributed by atoms with Crippen molar-refractivity contribution in [1.82, 2.24) is 0 Å². The van der Waals surface area contributed by atoms with Crippen LogP contribution in [0.2, 0.25) is 0 Å². The third kappa shape index (κ3) is 5.21. The molecule has 126 valence electrons. The molecule has 1 aliphatic carbocycles. The van der Waals surface area contributed by atoms with Crippen LogP contribution in [0.5, 0.6) is 0 Å². The first-order chi connectivity index (χ1) is 11.1. The second kappa shape index (κ2) is 8.47. The lowest BCUT2D eigenvalue weighted by Gasteiger charge is -2.22. The highest BCUT2D eigenvalue weighted by Gasteiger charge is 2.16. The second-order valence-corrected chi connectivity index (χ2v) is 5.76. The first-order valence-electron chi connectivity index (χ1n) is 8.01. The Hall–Kier alpha value is -2.15. The van der Waals surface area contributed by atoms with Crippen LogP contribution in [-0.2, 0) is 4.74 Å². The average molecular weight is 321 g/mol. The lowest BCUT2D eigenvalue weighted by molar-refractivity contribution is -0.384. The van der Waals surface area contributed by atoms with E-state index in [4.69, 9.17) is 10.5 Å². The number of hydrogen-bond acceptors (Lipinski definition) is 5. The van der Waals surface area contributed by atoms with Gasteiger partial charge in [-0.15, -0.1) is 0 Å². The SMILES string of the molecule is NC(=O)c1ccc(NCCCOC2CCCCC2)c([N+](=O)[O-])c1. The van der Waals surface area contributed by atoms with E-state index in [9.17, 15) is 14.9 Å². The van der Waals surface area contributed by atoms with Gasteiger partial charge in [-0.2, -0.15) is 0 Å². The number of carbonyl (C=O) groups is 1. The number of nitrogens with one attached hydrogen (secondary N) is 1. The van der Waals surface area contributed by atoms with Crippen molar-refractivity contribution in [3.63, 3.8) is 0 Å². The Labute approximate surface area is 135 Å². The normalized spacial score (nSPS) is 15.3. The topological polar surface area (TPSA) is 107 Å². The molecule has 0 heterocycles. The van der Waals surface area contributed by atoms with Gasteiger partial charge < -0.3 is 15.8 Å². The number of hydrogen-bond donors (Lipinski definition) is 2. The molecule has 3 N–H and O–H groups in total. The van der Waals surface area contributed by atoms with Gasteiger partial charge in [-0.1, -0.05) is 19.3 Å². The van der Waals surface area contributed by atoms with Gasteiger partial charge in [-0.05, 0) is 31.4 Å². The van der Waals surface area contributed by atoms with Gasteiger partial charge in [0.2, 0.25) is 5.91 Å². The summed E-state index contributed by atoms with van der Waals surface area (Å²) >= 11 is 0. The molecular weight excluding hydrogens is 298 g/mol. The smallest absolute Gasteiger partial charge is 0.293 e. The summed E-state index contributed by atoms with van der Waals surface area (Å²) in [5.74, 6) is -0.680. The predicted octanol–water partition coefficient (Wildman–Crippen LogP) is 2.85. The summed E-state index contributed by atoms with van der Waals surface area (Å²) in [6.07, 6.45) is 7.18. The molecule has 0 saturated heterocycles. The highest BCUT2D eigenvalue weighted by Crippen LogP contribution is 2.25. The molecule has 0 spiro atoms. The number of rotatable bonds is 8. The van der Waals surface area contributed by atoms with E-state index in [1.54, 1.807) is 0 Å². The molecular formula is C16H23N3O4. The molecule has 1 amide bonds. The monoisotopic (exact) mass is 321 g/mol. The van der Waals surface area contributed by atoms with Gasteiger partial charge in [-0.25, -0.2) is 0 Å². The fourth-order valence-corrected chi connectivity index (χ4v) is 2.76. The van der Waals surface area contributed by atoms with Gasteiger partial charge in [-0.3, -0.25) is 14.9 Å². The minimum Gasteiger partial charge on any atom is -0.379 e. The van der Waals surface area contributed by atoms with Crippen molar-refractivity contribution < 1.29 is 14.5 Å². The summed E-state index contributed by atoms with van der Waals surface area (Å²) in [6, 6.07) is 4.19. The number of nitrogens with two attached hydrogens (primary N) is 1. The Morgan fingerprint density at radius 2 is 2.09 bits per heavy atom. The summed E-state index contributed by atoms with van der Waals surface area (Å²) in [7, 11) is 0. The maximum absolute atomic E-state index is 11.1. The second-order valence-electron chi connectivity index (χ2n) is 5.76. The Morgan fingerprint density at radius 3 is 2.74 bits per heavy atom. The zero-order valence-electron chi connectivity index (χ0n) is 13.1. The number of primary amides is 1. The largest absolute Gasteiger partial charge is 0.379 e. The van der Waals surface area contributed by atoms with E-state index >= 15 is 0 Å². The minimum absolute atomic E-state index is 0.128. The number of nitro benzene ring substituents is 1. The summed E-state index contributed by atoms with van der Waals surface area (Å²) < 4.78 is 5.81. The van der Waals surface area contributed by atoms with Crippen LogP contribution in [-0.4, -0.2) is 30.1 Å². The van der Waals surface area contributed by atoms with Crippen molar-refractivity contribution in [1.29, 1.82) is 0 Å². The van der Waals surface area contributed by atoms with Gasteiger partial charge in [0.1, 0.15) is 5.69 Å². The lowest BCUT2D eigenvalue weighted by Crippen LogP contribution is -2.18. The zero-order chi connectivity index (χ0) is 16.7. The summed E-state index contributed by atoms with van der Waals surface area (Å²) in [4.78, 5) is 21.7. The van der Waals surface area contributed by atoms with Crippen LogP contribution >= 0.6 is 0 Å². The molecule has 23 heavy (non-hydrogen) atoms. The molecule has 0 atom stereocenters. The molecule has 1 fully saturated rings. The van der Waals surface area contributed by atoms with Crippen LogP contribution in [0.4, 0.5) is 11.4 Å². The van der Waals surface area contributed by atoms with Crippen molar-refractivity contribution in [2.75, 3.05) is 18.5 Å². The molecule has 0 aromatic heterocycles. The van der Waals surface area contributed by atoms with Crippen LogP contribution in [0.3, 0.4) is 0 Å². The van der Waals surface area contributed by atoms with Gasteiger partial charge in [0.15, 0.2) is 0 Å². The van der Waals surface area contributed by atoms with Crippen molar-refractivity contribution in [3.8, 4) is 0 Å². The Bertz CT molecular complexity index is 556. The number of anilines is 1. The number of benzene rings is 1. The first kappa shape index (κ1) is 17.2. The van der Waals surface area contributed by atoms with Crippen molar-refractivity contribution >= 4 is 17.3 Å².